The molecule has 38 heavy (non-hydrogen) atoms. The average molecular weight is 549 g/mol. The molecule has 4 rings (SSSR count). The molecule has 0 aliphatic heterocycles. The monoisotopic (exact) mass is 548 g/mol. The Bertz CT molecular complexity index is 1270. The van der Waals surface area contributed by atoms with Gasteiger partial charge < -0.3 is 17.7 Å². The number of aldehydes is 1. The molecule has 0 amide bonds. The van der Waals surface area contributed by atoms with Gasteiger partial charge in [0.1, 0.15) is 11.2 Å². The SMILES string of the molecule is CC(O[Si](C)(C)C)(c1ccccc1)c1ccoc1.CC(O[Si](C)(C)C)(c1ccccc1)c1coc(C=O)c1. The molecule has 2 heterocycles. The standard InChI is InChI=1S/C16H20O3Si.C15H20O2Si/c1-16(19-20(2,3)4,13-8-6-5-7-9-13)14-10-15(11-17)18-12-14;1-15(17-18(2,3)4,14-10-11-16-12-14)13-8-6-5-7-9-13/h5-12H,1-4H3;5-12H,1-4H3. The van der Waals surface area contributed by atoms with Crippen LogP contribution in [0.4, 0.5) is 0 Å². The number of furan rings is 2. The lowest BCUT2D eigenvalue weighted by Crippen LogP contribution is -2.39. The Morgan fingerprint density at radius 2 is 1.13 bits per heavy atom. The van der Waals surface area contributed by atoms with E-state index in [9.17, 15) is 4.79 Å². The fourth-order valence-corrected chi connectivity index (χ4v) is 7.43. The van der Waals surface area contributed by atoms with Crippen molar-refractivity contribution in [1.29, 1.82) is 0 Å². The molecule has 202 valence electrons. The molecule has 0 fully saturated rings. The van der Waals surface area contributed by atoms with Crippen molar-refractivity contribution in [3.63, 3.8) is 0 Å². The Morgan fingerprint density at radius 3 is 1.50 bits per heavy atom. The minimum absolute atomic E-state index is 0.321. The predicted octanol–water partition coefficient (Wildman–Crippen LogP) is 8.60. The second-order valence-corrected chi connectivity index (χ2v) is 20.5. The van der Waals surface area contributed by atoms with E-state index in [2.05, 4.69) is 58.3 Å². The molecule has 0 aliphatic rings. The third-order valence-corrected chi connectivity index (χ3v) is 8.07. The first kappa shape index (κ1) is 29.6. The lowest BCUT2D eigenvalue weighted by atomic mass is 9.90. The van der Waals surface area contributed by atoms with Crippen LogP contribution in [-0.2, 0) is 20.1 Å². The summed E-state index contributed by atoms with van der Waals surface area (Å²) in [5.41, 5.74) is 3.12. The van der Waals surface area contributed by atoms with Crippen LogP contribution >= 0.6 is 0 Å². The summed E-state index contributed by atoms with van der Waals surface area (Å²) < 4.78 is 23.3. The van der Waals surface area contributed by atoms with E-state index in [0.29, 0.717) is 12.0 Å². The number of hydrogen-bond acceptors (Lipinski definition) is 5. The lowest BCUT2D eigenvalue weighted by molar-refractivity contribution is 0.110. The van der Waals surface area contributed by atoms with E-state index in [1.807, 2.05) is 61.5 Å². The van der Waals surface area contributed by atoms with Crippen LogP contribution in [0.3, 0.4) is 0 Å². The summed E-state index contributed by atoms with van der Waals surface area (Å²) >= 11 is 0. The third kappa shape index (κ3) is 7.54. The molecule has 2 aromatic carbocycles. The van der Waals surface area contributed by atoms with Gasteiger partial charge in [0.05, 0.1) is 18.8 Å². The minimum Gasteiger partial charge on any atom is -0.472 e. The van der Waals surface area contributed by atoms with Crippen molar-refractivity contribution in [3.05, 3.63) is 120 Å². The molecule has 0 saturated carbocycles. The summed E-state index contributed by atoms with van der Waals surface area (Å²) in [6.07, 6.45) is 5.79. The van der Waals surface area contributed by atoms with E-state index in [4.69, 9.17) is 17.7 Å². The van der Waals surface area contributed by atoms with Crippen molar-refractivity contribution in [2.75, 3.05) is 0 Å². The molecule has 5 nitrogen and oxygen atoms in total. The van der Waals surface area contributed by atoms with Crippen molar-refractivity contribution in [2.24, 2.45) is 0 Å². The maximum absolute atomic E-state index is 10.8. The van der Waals surface area contributed by atoms with Gasteiger partial charge in [-0.2, -0.15) is 0 Å². The Hall–Kier alpha value is -2.98. The summed E-state index contributed by atoms with van der Waals surface area (Å²) in [5.74, 6) is 0.321. The van der Waals surface area contributed by atoms with Gasteiger partial charge in [-0.15, -0.1) is 0 Å². The molecule has 7 heteroatoms. The fourth-order valence-electron chi connectivity index (χ4n) is 4.51. The Kier molecular flexibility index (Phi) is 9.20. The molecular formula is C31H40O5Si2. The van der Waals surface area contributed by atoms with E-state index >= 15 is 0 Å². The van der Waals surface area contributed by atoms with E-state index in [-0.39, 0.29) is 0 Å². The van der Waals surface area contributed by atoms with Crippen molar-refractivity contribution in [2.45, 2.75) is 64.3 Å². The number of rotatable bonds is 9. The van der Waals surface area contributed by atoms with Crippen LogP contribution in [-0.4, -0.2) is 22.9 Å². The summed E-state index contributed by atoms with van der Waals surface area (Å²) in [6.45, 7) is 17.2. The van der Waals surface area contributed by atoms with Crippen LogP contribution in [0.25, 0.3) is 0 Å². The predicted molar refractivity (Wildman–Crippen MR) is 157 cm³/mol. The van der Waals surface area contributed by atoms with E-state index in [0.717, 1.165) is 22.3 Å². The zero-order valence-electron chi connectivity index (χ0n) is 23.8. The van der Waals surface area contributed by atoms with E-state index in [1.165, 1.54) is 0 Å². The highest BCUT2D eigenvalue weighted by Gasteiger charge is 2.37. The topological polar surface area (TPSA) is 61.8 Å². The second kappa shape index (κ2) is 11.8. The van der Waals surface area contributed by atoms with Crippen molar-refractivity contribution >= 4 is 22.9 Å². The first-order chi connectivity index (χ1) is 17.8. The third-order valence-electron chi connectivity index (χ3n) is 6.03. The van der Waals surface area contributed by atoms with Crippen LogP contribution in [0, 0.1) is 0 Å². The Labute approximate surface area is 229 Å². The second-order valence-electron chi connectivity index (χ2n) is 11.6. The highest BCUT2D eigenvalue weighted by atomic mass is 28.4. The molecular weight excluding hydrogens is 509 g/mol. The number of carbonyl (C=O) groups excluding carboxylic acids is 1. The Balaban J connectivity index is 0.000000212. The molecule has 0 aliphatic carbocycles. The number of benzene rings is 2. The van der Waals surface area contributed by atoms with Crippen molar-refractivity contribution < 1.29 is 22.5 Å². The number of hydrogen-bond donors (Lipinski definition) is 0. The molecule has 0 radical (unpaired) electrons. The van der Waals surface area contributed by atoms with Crippen molar-refractivity contribution in [3.8, 4) is 0 Å². The van der Waals surface area contributed by atoms with Gasteiger partial charge in [0.25, 0.3) is 0 Å². The molecule has 2 atom stereocenters. The smallest absolute Gasteiger partial charge is 0.185 e. The van der Waals surface area contributed by atoms with Gasteiger partial charge in [-0.3, -0.25) is 4.79 Å². The first-order valence-electron chi connectivity index (χ1n) is 12.9. The van der Waals surface area contributed by atoms with E-state index in [1.54, 1.807) is 24.9 Å². The zero-order valence-corrected chi connectivity index (χ0v) is 25.8. The van der Waals surface area contributed by atoms with Crippen LogP contribution in [0.1, 0.15) is 46.7 Å². The molecule has 0 saturated heterocycles. The van der Waals surface area contributed by atoms with Crippen LogP contribution < -0.4 is 0 Å². The van der Waals surface area contributed by atoms with Crippen LogP contribution in [0.5, 0.6) is 0 Å². The number of carbonyl (C=O) groups is 1. The van der Waals surface area contributed by atoms with E-state index < -0.39 is 27.8 Å². The first-order valence-corrected chi connectivity index (χ1v) is 19.7. The normalized spacial score (nSPS) is 15.1. The van der Waals surface area contributed by atoms with Gasteiger partial charge >= 0.3 is 0 Å². The summed E-state index contributed by atoms with van der Waals surface area (Å²) in [7, 11) is -3.46. The molecule has 0 bridgehead atoms. The van der Waals surface area contributed by atoms with Gasteiger partial charge in [-0.25, -0.2) is 0 Å². The van der Waals surface area contributed by atoms with Crippen molar-refractivity contribution in [1.82, 2.24) is 0 Å². The van der Waals surface area contributed by atoms with Crippen LogP contribution in [0.15, 0.2) is 100 Å². The molecule has 4 aromatic rings. The summed E-state index contributed by atoms with van der Waals surface area (Å²) in [6, 6.07) is 24.1. The Morgan fingerprint density at radius 1 is 0.658 bits per heavy atom. The minimum atomic E-state index is -1.79. The highest BCUT2D eigenvalue weighted by molar-refractivity contribution is 6.70. The van der Waals surface area contributed by atoms with Gasteiger partial charge in [0.15, 0.2) is 28.7 Å². The highest BCUT2D eigenvalue weighted by Crippen LogP contribution is 2.37. The van der Waals surface area contributed by atoms with Gasteiger partial charge in [0, 0.05) is 11.1 Å². The molecule has 0 spiro atoms. The van der Waals surface area contributed by atoms with Gasteiger partial charge in [-0.1, -0.05) is 60.7 Å². The fraction of sp³-hybridized carbons (Fsp3) is 0.323. The molecule has 2 unspecified atom stereocenters. The quantitative estimate of drug-likeness (QED) is 0.155. The lowest BCUT2D eigenvalue weighted by Gasteiger charge is -2.36. The van der Waals surface area contributed by atoms with Gasteiger partial charge in [-0.05, 0) is 76.4 Å². The molecule has 2 aromatic heterocycles. The largest absolute Gasteiger partial charge is 0.472 e. The molecule has 0 N–H and O–H groups in total. The van der Waals surface area contributed by atoms with Gasteiger partial charge in [0.2, 0.25) is 0 Å². The summed E-state index contributed by atoms with van der Waals surface area (Å²) in [5, 5.41) is 0. The average Bonchev–Trinajstić information content (AvgIpc) is 3.56. The maximum atomic E-state index is 10.8. The maximum Gasteiger partial charge on any atom is 0.185 e. The summed E-state index contributed by atoms with van der Waals surface area (Å²) in [4.78, 5) is 10.8. The van der Waals surface area contributed by atoms with Crippen LogP contribution in [0.2, 0.25) is 39.3 Å². The zero-order chi connectivity index (χ0) is 28.0.